The topological polar surface area (TPSA) is 12.5 Å². The van der Waals surface area contributed by atoms with Gasteiger partial charge in [0.25, 0.3) is 0 Å². The lowest BCUT2D eigenvalue weighted by Crippen LogP contribution is -2.52. The van der Waals surface area contributed by atoms with Crippen molar-refractivity contribution < 1.29 is 4.74 Å². The second kappa shape index (κ2) is 3.39. The lowest BCUT2D eigenvalue weighted by atomic mass is 9.87. The Hall–Kier alpha value is -2.22. The molecule has 3 aliphatic rings. The van der Waals surface area contributed by atoms with Gasteiger partial charge >= 0.3 is 0 Å². The van der Waals surface area contributed by atoms with Crippen LogP contribution in [-0.4, -0.2) is 10.6 Å². The Bertz CT molecular complexity index is 624. The summed E-state index contributed by atoms with van der Waals surface area (Å²) in [5.41, 5.74) is 2.09. The molecule has 3 aliphatic heterocycles. The highest BCUT2D eigenvalue weighted by Gasteiger charge is 2.43. The molecule has 0 radical (unpaired) electrons. The molecule has 0 N–H and O–H groups in total. The first-order valence-corrected chi connectivity index (χ1v) is 6.18. The Morgan fingerprint density at radius 1 is 1.06 bits per heavy atom. The van der Waals surface area contributed by atoms with E-state index in [-0.39, 0.29) is 0 Å². The van der Waals surface area contributed by atoms with E-state index in [1.807, 2.05) is 18.2 Å². The molecule has 3 heterocycles. The highest BCUT2D eigenvalue weighted by Crippen LogP contribution is 2.42. The molecule has 0 aromatic heterocycles. The van der Waals surface area contributed by atoms with Crippen LogP contribution in [0.4, 0.5) is 0 Å². The van der Waals surface area contributed by atoms with Gasteiger partial charge in [0.2, 0.25) is 5.72 Å². The third-order valence-corrected chi connectivity index (χ3v) is 3.69. The first-order chi connectivity index (χ1) is 8.88. The summed E-state index contributed by atoms with van der Waals surface area (Å²) in [5.74, 6) is 0.981. The zero-order valence-corrected chi connectivity index (χ0v) is 9.91. The van der Waals surface area contributed by atoms with Gasteiger partial charge in [-0.2, -0.15) is 0 Å². The molecule has 0 aliphatic carbocycles. The summed E-state index contributed by atoms with van der Waals surface area (Å²) in [6.45, 7) is 0. The highest BCUT2D eigenvalue weighted by molar-refractivity contribution is 5.49. The average Bonchev–Trinajstić information content (AvgIpc) is 2.43. The largest absolute Gasteiger partial charge is 0.460 e. The lowest BCUT2D eigenvalue weighted by molar-refractivity contribution is 0.0338. The summed E-state index contributed by atoms with van der Waals surface area (Å²) in [6.07, 6.45) is 15.5. The van der Waals surface area contributed by atoms with E-state index in [2.05, 4.69) is 53.7 Å². The van der Waals surface area contributed by atoms with Crippen LogP contribution in [0.2, 0.25) is 0 Å². The molecule has 0 amide bonds. The van der Waals surface area contributed by atoms with Crippen LogP contribution in [0.3, 0.4) is 0 Å². The van der Waals surface area contributed by atoms with Gasteiger partial charge in [-0.1, -0.05) is 30.4 Å². The van der Waals surface area contributed by atoms with Crippen molar-refractivity contribution in [3.05, 3.63) is 78.2 Å². The van der Waals surface area contributed by atoms with Gasteiger partial charge in [-0.05, 0) is 29.9 Å². The van der Waals surface area contributed by atoms with Crippen molar-refractivity contribution in [2.45, 2.75) is 12.1 Å². The fourth-order valence-electron chi connectivity index (χ4n) is 2.79. The molecule has 0 bridgehead atoms. The molecule has 1 atom stereocenters. The molecule has 0 saturated heterocycles. The van der Waals surface area contributed by atoms with Crippen LogP contribution >= 0.6 is 0 Å². The van der Waals surface area contributed by atoms with Crippen LogP contribution in [0, 0.1) is 0 Å². The Labute approximate surface area is 106 Å². The monoisotopic (exact) mass is 235 g/mol. The number of fused-ring (bicyclic) bond motifs is 1. The van der Waals surface area contributed by atoms with E-state index in [0.29, 0.717) is 0 Å². The number of hydrogen-bond donors (Lipinski definition) is 0. The first kappa shape index (κ1) is 9.77. The van der Waals surface area contributed by atoms with E-state index < -0.39 is 5.72 Å². The van der Waals surface area contributed by atoms with Gasteiger partial charge in [0.1, 0.15) is 5.75 Å². The fraction of sp³-hybridized carbons (Fsp3) is 0.125. The molecule has 2 nitrogen and oxygen atoms in total. The predicted octanol–water partition coefficient (Wildman–Crippen LogP) is 3.16. The predicted molar refractivity (Wildman–Crippen MR) is 70.8 cm³/mol. The Kier molecular flexibility index (Phi) is 1.84. The maximum Gasteiger partial charge on any atom is 0.229 e. The number of hydrogen-bond acceptors (Lipinski definition) is 2. The molecule has 4 rings (SSSR count). The van der Waals surface area contributed by atoms with E-state index in [4.69, 9.17) is 4.74 Å². The molecular weight excluding hydrogens is 222 g/mol. The zero-order chi connectivity index (χ0) is 12.0. The van der Waals surface area contributed by atoms with Gasteiger partial charge in [0.05, 0.1) is 0 Å². The molecular formula is C16H13NO. The number of para-hydroxylation sites is 1. The number of rotatable bonds is 0. The van der Waals surface area contributed by atoms with Crippen molar-refractivity contribution in [3.63, 3.8) is 0 Å². The van der Waals surface area contributed by atoms with Gasteiger partial charge in [0.15, 0.2) is 0 Å². The molecule has 2 heteroatoms. The minimum atomic E-state index is -0.447. The van der Waals surface area contributed by atoms with Gasteiger partial charge < -0.3 is 9.64 Å². The second-order valence-electron chi connectivity index (χ2n) is 4.72. The summed E-state index contributed by atoms with van der Waals surface area (Å²) < 4.78 is 6.30. The molecule has 1 aromatic rings. The summed E-state index contributed by atoms with van der Waals surface area (Å²) in [4.78, 5) is 2.12. The Morgan fingerprint density at radius 2 is 1.94 bits per heavy atom. The number of allylic oxidation sites excluding steroid dienone is 4. The minimum Gasteiger partial charge on any atom is -0.460 e. The minimum absolute atomic E-state index is 0.447. The van der Waals surface area contributed by atoms with Gasteiger partial charge in [0, 0.05) is 24.4 Å². The van der Waals surface area contributed by atoms with Crippen LogP contribution in [-0.2, 0) is 6.42 Å². The van der Waals surface area contributed by atoms with Crippen LogP contribution in [0.5, 0.6) is 5.75 Å². The first-order valence-electron chi connectivity index (χ1n) is 6.18. The lowest BCUT2D eigenvalue weighted by Gasteiger charge is -2.46. The van der Waals surface area contributed by atoms with Crippen LogP contribution in [0.25, 0.3) is 0 Å². The van der Waals surface area contributed by atoms with Crippen molar-refractivity contribution >= 4 is 0 Å². The second-order valence-corrected chi connectivity index (χ2v) is 4.72. The molecule has 1 unspecified atom stereocenters. The zero-order valence-electron chi connectivity index (χ0n) is 9.91. The van der Waals surface area contributed by atoms with Gasteiger partial charge in [-0.3, -0.25) is 0 Å². The van der Waals surface area contributed by atoms with Crippen molar-refractivity contribution in [3.8, 4) is 5.75 Å². The Balaban J connectivity index is 1.90. The van der Waals surface area contributed by atoms with Crippen molar-refractivity contribution in [1.29, 1.82) is 0 Å². The summed E-state index contributed by atoms with van der Waals surface area (Å²) in [6, 6.07) is 8.26. The average molecular weight is 235 g/mol. The molecule has 0 saturated carbocycles. The Morgan fingerprint density at radius 3 is 2.94 bits per heavy atom. The van der Waals surface area contributed by atoms with Crippen LogP contribution in [0.1, 0.15) is 5.56 Å². The maximum atomic E-state index is 6.30. The van der Waals surface area contributed by atoms with E-state index in [1.54, 1.807) is 0 Å². The van der Waals surface area contributed by atoms with Crippen LogP contribution in [0.15, 0.2) is 72.6 Å². The fourth-order valence-corrected chi connectivity index (χ4v) is 2.79. The molecule has 1 spiro atoms. The molecule has 1 aromatic carbocycles. The van der Waals surface area contributed by atoms with E-state index in [1.165, 1.54) is 11.1 Å². The maximum absolute atomic E-state index is 6.30. The number of nitrogens with zero attached hydrogens (tertiary/aromatic N) is 1. The van der Waals surface area contributed by atoms with Crippen molar-refractivity contribution in [2.24, 2.45) is 0 Å². The normalized spacial score (nSPS) is 26.9. The highest BCUT2D eigenvalue weighted by atomic mass is 16.5. The van der Waals surface area contributed by atoms with Crippen molar-refractivity contribution in [2.75, 3.05) is 0 Å². The standard InChI is InChI=1S/C16H13NO/c1-2-8-15-13(6-1)12-14-7-5-11-17-10-4-3-9-16(14,17)18-15/h1-11H,12H2. The molecule has 88 valence electrons. The van der Waals surface area contributed by atoms with Crippen LogP contribution < -0.4 is 4.74 Å². The smallest absolute Gasteiger partial charge is 0.229 e. The SMILES string of the molecule is C1=CN2C=CC=C3Cc4ccccc4OC32C=C1. The van der Waals surface area contributed by atoms with Gasteiger partial charge in [-0.25, -0.2) is 0 Å². The molecule has 18 heavy (non-hydrogen) atoms. The summed E-state index contributed by atoms with van der Waals surface area (Å²) >= 11 is 0. The molecule has 0 fully saturated rings. The van der Waals surface area contributed by atoms with Gasteiger partial charge in [-0.15, -0.1) is 0 Å². The summed E-state index contributed by atoms with van der Waals surface area (Å²) in [7, 11) is 0. The van der Waals surface area contributed by atoms with E-state index >= 15 is 0 Å². The van der Waals surface area contributed by atoms with Crippen molar-refractivity contribution in [1.82, 2.24) is 4.90 Å². The third-order valence-electron chi connectivity index (χ3n) is 3.69. The van der Waals surface area contributed by atoms with E-state index in [0.717, 1.165) is 12.2 Å². The quantitative estimate of drug-likeness (QED) is 0.685. The number of ether oxygens (including phenoxy) is 1. The number of benzene rings is 1. The summed E-state index contributed by atoms with van der Waals surface area (Å²) in [5, 5.41) is 0. The van der Waals surface area contributed by atoms with E-state index in [9.17, 15) is 0 Å². The third kappa shape index (κ3) is 1.17.